The molecule has 0 N–H and O–H groups in total. The molecule has 1 saturated carbocycles. The van der Waals surface area contributed by atoms with Gasteiger partial charge in [0.25, 0.3) is 0 Å². The summed E-state index contributed by atoms with van der Waals surface area (Å²) >= 11 is 0. The zero-order valence-corrected chi connectivity index (χ0v) is 5.71. The van der Waals surface area contributed by atoms with Crippen molar-refractivity contribution in [2.75, 3.05) is 0 Å². The Morgan fingerprint density at radius 3 is 2.78 bits per heavy atom. The summed E-state index contributed by atoms with van der Waals surface area (Å²) in [6, 6.07) is 0.313. The molecule has 0 spiro atoms. The molecule has 0 bridgehead atoms. The van der Waals surface area contributed by atoms with E-state index in [1.807, 2.05) is 13.0 Å². The monoisotopic (exact) mass is 126 g/mol. The van der Waals surface area contributed by atoms with Crippen LogP contribution in [-0.4, -0.2) is 11.1 Å². The van der Waals surface area contributed by atoms with Gasteiger partial charge in [0.2, 0.25) is 0 Å². The Kier molecular flexibility index (Phi) is 2.11. The third-order valence-electron chi connectivity index (χ3n) is 1.39. The van der Waals surface area contributed by atoms with E-state index < -0.39 is 0 Å². The SMILES string of the molecule is CC/C=C/N([O-])C1CC1. The molecule has 52 valence electrons. The van der Waals surface area contributed by atoms with Crippen molar-refractivity contribution in [2.45, 2.75) is 32.2 Å². The summed E-state index contributed by atoms with van der Waals surface area (Å²) in [5, 5.41) is 11.9. The third kappa shape index (κ3) is 2.06. The molecule has 0 saturated heterocycles. The molecule has 0 unspecified atom stereocenters. The zero-order valence-electron chi connectivity index (χ0n) is 5.71. The van der Waals surface area contributed by atoms with Crippen LogP contribution in [0, 0.1) is 5.21 Å². The third-order valence-corrected chi connectivity index (χ3v) is 1.39. The first-order chi connectivity index (χ1) is 4.34. The summed E-state index contributed by atoms with van der Waals surface area (Å²) in [6.07, 6.45) is 6.64. The Morgan fingerprint density at radius 2 is 2.33 bits per heavy atom. The van der Waals surface area contributed by atoms with Crippen LogP contribution in [0.1, 0.15) is 26.2 Å². The molecule has 0 amide bonds. The van der Waals surface area contributed by atoms with Gasteiger partial charge >= 0.3 is 0 Å². The first-order valence-electron chi connectivity index (χ1n) is 3.46. The van der Waals surface area contributed by atoms with E-state index in [1.165, 1.54) is 0 Å². The number of hydrogen-bond donors (Lipinski definition) is 0. The molecule has 0 aromatic heterocycles. The van der Waals surface area contributed by atoms with E-state index >= 15 is 0 Å². The second kappa shape index (κ2) is 2.87. The minimum atomic E-state index is 0.313. The molecule has 1 fully saturated rings. The lowest BCUT2D eigenvalue weighted by atomic mass is 10.5. The van der Waals surface area contributed by atoms with Gasteiger partial charge in [-0.25, -0.2) is 0 Å². The van der Waals surface area contributed by atoms with Crippen LogP contribution in [0.3, 0.4) is 0 Å². The van der Waals surface area contributed by atoms with E-state index in [2.05, 4.69) is 0 Å². The average molecular weight is 126 g/mol. The van der Waals surface area contributed by atoms with Crippen molar-refractivity contribution in [3.8, 4) is 0 Å². The van der Waals surface area contributed by atoms with E-state index in [9.17, 15) is 5.21 Å². The van der Waals surface area contributed by atoms with E-state index in [0.717, 1.165) is 24.3 Å². The molecule has 2 heteroatoms. The van der Waals surface area contributed by atoms with Gasteiger partial charge in [0.1, 0.15) is 0 Å². The fourth-order valence-corrected chi connectivity index (χ4v) is 0.660. The van der Waals surface area contributed by atoms with E-state index in [4.69, 9.17) is 0 Å². The van der Waals surface area contributed by atoms with Gasteiger partial charge in [0.05, 0.1) is 0 Å². The molecular weight excluding hydrogens is 114 g/mol. The van der Waals surface area contributed by atoms with Gasteiger partial charge in [0, 0.05) is 6.04 Å². The second-order valence-electron chi connectivity index (χ2n) is 2.38. The van der Waals surface area contributed by atoms with Crippen LogP contribution in [0.2, 0.25) is 0 Å². The highest BCUT2D eigenvalue weighted by Gasteiger charge is 2.20. The molecule has 1 rings (SSSR count). The Bertz CT molecular complexity index is 107. The topological polar surface area (TPSA) is 26.3 Å². The van der Waals surface area contributed by atoms with E-state index in [1.54, 1.807) is 6.20 Å². The summed E-state index contributed by atoms with van der Waals surface area (Å²) in [5.74, 6) is 0. The molecule has 1 aliphatic rings. The summed E-state index contributed by atoms with van der Waals surface area (Å²) in [7, 11) is 0. The van der Waals surface area contributed by atoms with Gasteiger partial charge in [-0.15, -0.1) is 0 Å². The van der Waals surface area contributed by atoms with Crippen molar-refractivity contribution < 1.29 is 0 Å². The molecule has 0 aromatic rings. The number of allylic oxidation sites excluding steroid dienone is 1. The lowest BCUT2D eigenvalue weighted by Gasteiger charge is -2.25. The van der Waals surface area contributed by atoms with Crippen LogP contribution in [0.5, 0.6) is 0 Å². The number of nitrogens with zero attached hydrogens (tertiary/aromatic N) is 1. The summed E-state index contributed by atoms with van der Waals surface area (Å²) in [4.78, 5) is 0. The van der Waals surface area contributed by atoms with Gasteiger partial charge in [-0.3, -0.25) is 0 Å². The van der Waals surface area contributed by atoms with Crippen molar-refractivity contribution in [2.24, 2.45) is 0 Å². The van der Waals surface area contributed by atoms with Crippen LogP contribution in [0.15, 0.2) is 12.3 Å². The Labute approximate surface area is 55.7 Å². The number of hydroxylamine groups is 2. The van der Waals surface area contributed by atoms with Gasteiger partial charge < -0.3 is 10.3 Å². The summed E-state index contributed by atoms with van der Waals surface area (Å²) in [6.45, 7) is 2.03. The molecule has 9 heavy (non-hydrogen) atoms. The van der Waals surface area contributed by atoms with Gasteiger partial charge in [0.15, 0.2) is 0 Å². The second-order valence-corrected chi connectivity index (χ2v) is 2.38. The molecule has 0 aliphatic heterocycles. The highest BCUT2D eigenvalue weighted by Crippen LogP contribution is 2.25. The van der Waals surface area contributed by atoms with Crippen molar-refractivity contribution in [3.63, 3.8) is 0 Å². The molecule has 1 aliphatic carbocycles. The van der Waals surface area contributed by atoms with Crippen LogP contribution in [-0.2, 0) is 0 Å². The van der Waals surface area contributed by atoms with Crippen LogP contribution in [0.25, 0.3) is 0 Å². The Hall–Kier alpha value is -0.500. The molecule has 2 nitrogen and oxygen atoms in total. The standard InChI is InChI=1S/C7H12NO/c1-2-3-6-8(9)7-4-5-7/h3,6-7H,2,4-5H2,1H3/q-1/b6-3+. The zero-order chi connectivity index (χ0) is 6.69. The summed E-state index contributed by atoms with van der Waals surface area (Å²) < 4.78 is 0. The molecular formula is C7H12NO-. The predicted octanol–water partition coefficient (Wildman–Crippen LogP) is 1.87. The number of hydrogen-bond acceptors (Lipinski definition) is 2. The smallest absolute Gasteiger partial charge is 0.0170 e. The maximum Gasteiger partial charge on any atom is 0.0170 e. The minimum absolute atomic E-state index is 0.313. The van der Waals surface area contributed by atoms with Crippen LogP contribution in [0.4, 0.5) is 0 Å². The van der Waals surface area contributed by atoms with Crippen molar-refractivity contribution in [1.82, 2.24) is 5.06 Å². The first-order valence-corrected chi connectivity index (χ1v) is 3.46. The fraction of sp³-hybridized carbons (Fsp3) is 0.714. The molecule has 0 radical (unpaired) electrons. The van der Waals surface area contributed by atoms with E-state index in [-0.39, 0.29) is 0 Å². The average Bonchev–Trinajstić information content (AvgIpc) is 2.63. The van der Waals surface area contributed by atoms with Crippen LogP contribution < -0.4 is 0 Å². The lowest BCUT2D eigenvalue weighted by molar-refractivity contribution is 0.497. The molecule has 0 atom stereocenters. The van der Waals surface area contributed by atoms with E-state index in [0.29, 0.717) is 6.04 Å². The maximum absolute atomic E-state index is 10.8. The largest absolute Gasteiger partial charge is 0.759 e. The Balaban J connectivity index is 2.16. The maximum atomic E-state index is 10.8. The van der Waals surface area contributed by atoms with Gasteiger partial charge in [-0.2, -0.15) is 0 Å². The molecule has 0 aromatic carbocycles. The van der Waals surface area contributed by atoms with Crippen molar-refractivity contribution in [1.29, 1.82) is 0 Å². The summed E-state index contributed by atoms with van der Waals surface area (Å²) in [5.41, 5.74) is 0. The minimum Gasteiger partial charge on any atom is -0.759 e. The van der Waals surface area contributed by atoms with Crippen molar-refractivity contribution in [3.05, 3.63) is 17.5 Å². The van der Waals surface area contributed by atoms with Gasteiger partial charge in [-0.1, -0.05) is 13.0 Å². The van der Waals surface area contributed by atoms with Crippen LogP contribution >= 0.6 is 0 Å². The Morgan fingerprint density at radius 1 is 1.67 bits per heavy atom. The highest BCUT2D eigenvalue weighted by atomic mass is 16.5. The predicted molar refractivity (Wildman–Crippen MR) is 37.7 cm³/mol. The lowest BCUT2D eigenvalue weighted by Crippen LogP contribution is -2.09. The number of rotatable bonds is 3. The first kappa shape index (κ1) is 6.62. The normalized spacial score (nSPS) is 18.9. The quantitative estimate of drug-likeness (QED) is 0.539. The van der Waals surface area contributed by atoms with Gasteiger partial charge in [-0.05, 0) is 25.5 Å². The highest BCUT2D eigenvalue weighted by molar-refractivity contribution is 4.93. The fourth-order valence-electron chi connectivity index (χ4n) is 0.660. The molecule has 0 heterocycles. The van der Waals surface area contributed by atoms with Crippen molar-refractivity contribution >= 4 is 0 Å².